The summed E-state index contributed by atoms with van der Waals surface area (Å²) in [6, 6.07) is -0.675. The Bertz CT molecular complexity index is 264. The molecule has 0 aliphatic carbocycles. The molecule has 0 saturated heterocycles. The highest BCUT2D eigenvalue weighted by Crippen LogP contribution is 1.86. The number of carbonyl (C=O) groups excluding carboxylic acids is 1. The maximum atomic E-state index is 11.1. The summed E-state index contributed by atoms with van der Waals surface area (Å²) in [5.41, 5.74) is 9.94. The summed E-state index contributed by atoms with van der Waals surface area (Å²) in [5.74, 6) is 0.0000709. The molecule has 0 saturated carbocycles. The van der Waals surface area contributed by atoms with Crippen molar-refractivity contribution in [3.05, 3.63) is 0 Å². The molecule has 0 fully saturated rings. The topological polar surface area (TPSA) is 127 Å². The number of hydrogen-bond acceptors (Lipinski definition) is 4. The molecular weight excluding hydrogens is 208 g/mol. The minimum atomic E-state index is -3.26. The number of amides is 2. The first-order valence-electron chi connectivity index (χ1n) is 4.18. The highest BCUT2D eigenvalue weighted by molar-refractivity contribution is 7.89. The normalized spacial score (nSPS) is 11.2. The van der Waals surface area contributed by atoms with Crippen LogP contribution in [-0.4, -0.2) is 39.8 Å². The molecule has 0 rings (SSSR count). The van der Waals surface area contributed by atoms with E-state index in [0.717, 1.165) is 0 Å². The van der Waals surface area contributed by atoms with E-state index in [2.05, 4.69) is 10.0 Å². The van der Waals surface area contributed by atoms with Crippen molar-refractivity contribution < 1.29 is 13.2 Å². The first-order chi connectivity index (χ1) is 6.48. The molecule has 6 N–H and O–H groups in total. The van der Waals surface area contributed by atoms with Crippen LogP contribution in [0.25, 0.3) is 0 Å². The van der Waals surface area contributed by atoms with Gasteiger partial charge in [-0.3, -0.25) is 0 Å². The van der Waals surface area contributed by atoms with Crippen molar-refractivity contribution in [2.75, 3.05) is 25.4 Å². The minimum absolute atomic E-state index is 0.0000709. The molecule has 84 valence electrons. The van der Waals surface area contributed by atoms with Gasteiger partial charge in [-0.1, -0.05) is 0 Å². The Morgan fingerprint density at radius 1 is 1.29 bits per heavy atom. The van der Waals surface area contributed by atoms with Crippen LogP contribution in [0.4, 0.5) is 4.79 Å². The molecule has 0 spiro atoms. The molecule has 0 heterocycles. The summed E-state index contributed by atoms with van der Waals surface area (Å²) in [5, 5.41) is 2.26. The minimum Gasteiger partial charge on any atom is -0.352 e. The Hall–Kier alpha value is -0.860. The van der Waals surface area contributed by atoms with Crippen LogP contribution in [0.5, 0.6) is 0 Å². The summed E-state index contributed by atoms with van der Waals surface area (Å²) < 4.78 is 24.5. The summed E-state index contributed by atoms with van der Waals surface area (Å²) in [6.45, 7) is 0.646. The molecule has 0 aromatic rings. The number of nitrogens with one attached hydrogen (secondary N) is 2. The second kappa shape index (κ2) is 6.57. The van der Waals surface area contributed by atoms with Crippen molar-refractivity contribution in [1.29, 1.82) is 0 Å². The number of primary amides is 1. The van der Waals surface area contributed by atoms with E-state index in [9.17, 15) is 13.2 Å². The lowest BCUT2D eigenvalue weighted by Gasteiger charge is -2.05. The number of urea groups is 1. The van der Waals surface area contributed by atoms with Gasteiger partial charge in [0.2, 0.25) is 10.0 Å². The van der Waals surface area contributed by atoms with Gasteiger partial charge in [0.1, 0.15) is 0 Å². The molecule has 0 aromatic heterocycles. The summed E-state index contributed by atoms with van der Waals surface area (Å²) in [4.78, 5) is 10.2. The van der Waals surface area contributed by atoms with Crippen LogP contribution in [0.15, 0.2) is 0 Å². The first kappa shape index (κ1) is 13.1. The lowest BCUT2D eigenvalue weighted by atomic mass is 10.5. The quantitative estimate of drug-likeness (QED) is 0.370. The van der Waals surface area contributed by atoms with E-state index in [1.54, 1.807) is 0 Å². The van der Waals surface area contributed by atoms with Crippen molar-refractivity contribution in [2.45, 2.75) is 6.42 Å². The maximum absolute atomic E-state index is 11.1. The van der Waals surface area contributed by atoms with Crippen molar-refractivity contribution >= 4 is 16.1 Å². The van der Waals surface area contributed by atoms with Crippen LogP contribution in [0.1, 0.15) is 6.42 Å². The fourth-order valence-corrected chi connectivity index (χ4v) is 1.84. The highest BCUT2D eigenvalue weighted by atomic mass is 32.2. The summed E-state index contributed by atoms with van der Waals surface area (Å²) in [6.07, 6.45) is 0.415. The molecule has 0 aliphatic rings. The summed E-state index contributed by atoms with van der Waals surface area (Å²) in [7, 11) is -3.26. The van der Waals surface area contributed by atoms with E-state index < -0.39 is 16.1 Å². The van der Waals surface area contributed by atoms with Crippen LogP contribution < -0.4 is 21.5 Å². The van der Waals surface area contributed by atoms with E-state index in [0.29, 0.717) is 13.0 Å². The molecule has 0 radical (unpaired) electrons. The van der Waals surface area contributed by atoms with Crippen LogP contribution in [0, 0.1) is 0 Å². The van der Waals surface area contributed by atoms with Gasteiger partial charge in [0.25, 0.3) is 0 Å². The largest absolute Gasteiger partial charge is 0.352 e. The van der Waals surface area contributed by atoms with Crippen molar-refractivity contribution in [2.24, 2.45) is 11.5 Å². The third-order valence-electron chi connectivity index (χ3n) is 1.36. The molecule has 7 nitrogen and oxygen atoms in total. The molecule has 8 heteroatoms. The SMILES string of the molecule is NCCCS(=O)(=O)NCCNC(N)=O. The van der Waals surface area contributed by atoms with Gasteiger partial charge >= 0.3 is 6.03 Å². The van der Waals surface area contributed by atoms with Gasteiger partial charge in [0.05, 0.1) is 5.75 Å². The van der Waals surface area contributed by atoms with Crippen LogP contribution >= 0.6 is 0 Å². The second-order valence-electron chi connectivity index (χ2n) is 2.65. The van der Waals surface area contributed by atoms with Gasteiger partial charge in [-0.15, -0.1) is 0 Å². The van der Waals surface area contributed by atoms with Crippen molar-refractivity contribution in [3.63, 3.8) is 0 Å². The zero-order valence-electron chi connectivity index (χ0n) is 7.82. The van der Waals surface area contributed by atoms with Gasteiger partial charge in [0.15, 0.2) is 0 Å². The Labute approximate surface area is 83.3 Å². The van der Waals surface area contributed by atoms with Crippen LogP contribution in [0.2, 0.25) is 0 Å². The highest BCUT2D eigenvalue weighted by Gasteiger charge is 2.07. The Kier molecular flexibility index (Phi) is 6.17. The van der Waals surface area contributed by atoms with Crippen LogP contribution in [0.3, 0.4) is 0 Å². The molecule has 0 unspecified atom stereocenters. The predicted octanol–water partition coefficient (Wildman–Crippen LogP) is -2.08. The van der Waals surface area contributed by atoms with E-state index in [1.165, 1.54) is 0 Å². The fraction of sp³-hybridized carbons (Fsp3) is 0.833. The fourth-order valence-electron chi connectivity index (χ4n) is 0.738. The monoisotopic (exact) mass is 224 g/mol. The van der Waals surface area contributed by atoms with Crippen molar-refractivity contribution in [3.8, 4) is 0 Å². The Morgan fingerprint density at radius 3 is 2.43 bits per heavy atom. The third-order valence-corrected chi connectivity index (χ3v) is 2.83. The number of nitrogens with two attached hydrogens (primary N) is 2. The Balaban J connectivity index is 3.61. The van der Waals surface area contributed by atoms with E-state index in [4.69, 9.17) is 11.5 Å². The summed E-state index contributed by atoms with van der Waals surface area (Å²) >= 11 is 0. The smallest absolute Gasteiger partial charge is 0.312 e. The maximum Gasteiger partial charge on any atom is 0.312 e. The van der Waals surface area contributed by atoms with Gasteiger partial charge in [-0.05, 0) is 13.0 Å². The zero-order valence-corrected chi connectivity index (χ0v) is 8.64. The molecule has 0 aliphatic heterocycles. The molecule has 0 aromatic carbocycles. The average Bonchev–Trinajstić information content (AvgIpc) is 2.09. The van der Waals surface area contributed by atoms with E-state index in [-0.39, 0.29) is 18.8 Å². The molecular formula is C6H16N4O3S. The first-order valence-corrected chi connectivity index (χ1v) is 5.84. The van der Waals surface area contributed by atoms with Gasteiger partial charge in [0, 0.05) is 13.1 Å². The van der Waals surface area contributed by atoms with Crippen LogP contribution in [-0.2, 0) is 10.0 Å². The second-order valence-corrected chi connectivity index (χ2v) is 4.57. The van der Waals surface area contributed by atoms with E-state index >= 15 is 0 Å². The number of carbonyl (C=O) groups is 1. The van der Waals surface area contributed by atoms with Crippen molar-refractivity contribution in [1.82, 2.24) is 10.0 Å². The molecule has 14 heavy (non-hydrogen) atoms. The van der Waals surface area contributed by atoms with E-state index in [1.807, 2.05) is 0 Å². The van der Waals surface area contributed by atoms with Gasteiger partial charge in [-0.2, -0.15) is 0 Å². The van der Waals surface area contributed by atoms with Gasteiger partial charge < -0.3 is 16.8 Å². The average molecular weight is 224 g/mol. The third kappa shape index (κ3) is 7.77. The standard InChI is InChI=1S/C6H16N4O3S/c7-2-1-5-14(12,13)10-4-3-9-6(8)11/h10H,1-5,7H2,(H3,8,9,11). The molecule has 0 atom stereocenters. The Morgan fingerprint density at radius 2 is 1.93 bits per heavy atom. The number of hydrogen-bond donors (Lipinski definition) is 4. The molecule has 0 bridgehead atoms. The predicted molar refractivity (Wildman–Crippen MR) is 53.0 cm³/mol. The lowest BCUT2D eigenvalue weighted by Crippen LogP contribution is -2.38. The molecule has 2 amide bonds. The lowest BCUT2D eigenvalue weighted by molar-refractivity contribution is 0.249. The number of rotatable bonds is 7. The van der Waals surface area contributed by atoms with Gasteiger partial charge in [-0.25, -0.2) is 17.9 Å². The number of sulfonamides is 1. The zero-order chi connectivity index (χ0) is 11.0.